The van der Waals surface area contributed by atoms with E-state index in [0.717, 1.165) is 30.5 Å². The molecule has 0 saturated carbocycles. The Balaban J connectivity index is 2.76. The quantitative estimate of drug-likeness (QED) is 0.748. The molecular formula is C15H22N2O3S. The summed E-state index contributed by atoms with van der Waals surface area (Å²) in [4.78, 5) is 28.3. The van der Waals surface area contributed by atoms with Crippen LogP contribution in [0.25, 0.3) is 6.08 Å². The highest BCUT2D eigenvalue weighted by Crippen LogP contribution is 2.20. The molecule has 0 unspecified atom stereocenters. The van der Waals surface area contributed by atoms with Crippen LogP contribution in [0.4, 0.5) is 0 Å². The SMILES string of the molecule is CCCN(CCN(C)C)C(=O)c1ccc(C=CC(=O)O)s1. The average molecular weight is 310 g/mol. The standard InChI is InChI=1S/C15H22N2O3S/c1-4-9-17(11-10-16(2)3)15(20)13-7-5-12(21-13)6-8-14(18)19/h5-8H,4,9-11H2,1-3H3,(H,18,19). The van der Waals surface area contributed by atoms with Crippen molar-refractivity contribution in [2.24, 2.45) is 0 Å². The van der Waals surface area contributed by atoms with Gasteiger partial charge in [0.05, 0.1) is 4.88 Å². The van der Waals surface area contributed by atoms with Crippen molar-refractivity contribution in [2.75, 3.05) is 33.7 Å². The van der Waals surface area contributed by atoms with Gasteiger partial charge >= 0.3 is 5.97 Å². The van der Waals surface area contributed by atoms with E-state index in [9.17, 15) is 9.59 Å². The van der Waals surface area contributed by atoms with Crippen LogP contribution in [-0.2, 0) is 4.79 Å². The Morgan fingerprint density at radius 1 is 1.24 bits per heavy atom. The van der Waals surface area contributed by atoms with Crippen molar-refractivity contribution < 1.29 is 14.7 Å². The fraction of sp³-hybridized carbons (Fsp3) is 0.467. The van der Waals surface area contributed by atoms with E-state index in [1.807, 2.05) is 30.8 Å². The maximum Gasteiger partial charge on any atom is 0.328 e. The number of carbonyl (C=O) groups is 2. The van der Waals surface area contributed by atoms with Crippen LogP contribution in [0, 0.1) is 0 Å². The lowest BCUT2D eigenvalue weighted by Gasteiger charge is -2.23. The molecule has 0 radical (unpaired) electrons. The number of hydrogen-bond donors (Lipinski definition) is 1. The maximum absolute atomic E-state index is 12.5. The summed E-state index contributed by atoms with van der Waals surface area (Å²) in [6.07, 6.45) is 3.50. The van der Waals surface area contributed by atoms with Crippen molar-refractivity contribution in [3.05, 3.63) is 28.0 Å². The molecule has 0 aliphatic heterocycles. The number of amides is 1. The van der Waals surface area contributed by atoms with Crippen molar-refractivity contribution in [3.8, 4) is 0 Å². The average Bonchev–Trinajstić information content (AvgIpc) is 2.89. The van der Waals surface area contributed by atoms with E-state index in [1.54, 1.807) is 12.1 Å². The van der Waals surface area contributed by atoms with Crippen LogP contribution < -0.4 is 0 Å². The van der Waals surface area contributed by atoms with Crippen molar-refractivity contribution in [1.29, 1.82) is 0 Å². The van der Waals surface area contributed by atoms with Crippen LogP contribution >= 0.6 is 11.3 Å². The van der Waals surface area contributed by atoms with E-state index < -0.39 is 5.97 Å². The molecule has 0 atom stereocenters. The minimum atomic E-state index is -0.991. The first-order valence-electron chi connectivity index (χ1n) is 6.89. The molecule has 1 aromatic heterocycles. The third-order valence-electron chi connectivity index (χ3n) is 2.83. The molecule has 0 spiro atoms. The highest BCUT2D eigenvalue weighted by atomic mass is 32.1. The first kappa shape index (κ1) is 17.4. The van der Waals surface area contributed by atoms with Crippen molar-refractivity contribution in [3.63, 3.8) is 0 Å². The zero-order chi connectivity index (χ0) is 15.8. The maximum atomic E-state index is 12.5. The Hall–Kier alpha value is -1.66. The Morgan fingerprint density at radius 3 is 2.52 bits per heavy atom. The number of rotatable bonds is 8. The van der Waals surface area contributed by atoms with E-state index in [1.165, 1.54) is 17.4 Å². The molecule has 0 bridgehead atoms. The third-order valence-corrected chi connectivity index (χ3v) is 3.86. The first-order chi connectivity index (χ1) is 9.93. The monoisotopic (exact) mass is 310 g/mol. The van der Waals surface area contributed by atoms with E-state index in [-0.39, 0.29) is 5.91 Å². The van der Waals surface area contributed by atoms with Gasteiger partial charge in [0.25, 0.3) is 5.91 Å². The zero-order valence-electron chi connectivity index (χ0n) is 12.7. The molecule has 1 amide bonds. The fourth-order valence-electron chi connectivity index (χ4n) is 1.77. The second-order valence-electron chi connectivity index (χ2n) is 4.97. The topological polar surface area (TPSA) is 60.9 Å². The van der Waals surface area contributed by atoms with Gasteiger partial charge in [0, 0.05) is 30.6 Å². The molecule has 0 aliphatic carbocycles. The summed E-state index contributed by atoms with van der Waals surface area (Å²) in [5.74, 6) is -0.978. The number of carbonyl (C=O) groups excluding carboxylic acids is 1. The number of thiophene rings is 1. The molecular weight excluding hydrogens is 288 g/mol. The third kappa shape index (κ3) is 6.10. The molecule has 1 N–H and O–H groups in total. The van der Waals surface area contributed by atoms with Crippen LogP contribution in [0.15, 0.2) is 18.2 Å². The van der Waals surface area contributed by atoms with E-state index in [2.05, 4.69) is 0 Å². The van der Waals surface area contributed by atoms with Gasteiger partial charge in [0.15, 0.2) is 0 Å². The molecule has 116 valence electrons. The first-order valence-corrected chi connectivity index (χ1v) is 7.70. The van der Waals surface area contributed by atoms with Gasteiger partial charge in [-0.05, 0) is 38.7 Å². The van der Waals surface area contributed by atoms with Gasteiger partial charge in [-0.3, -0.25) is 4.79 Å². The van der Waals surface area contributed by atoms with Crippen molar-refractivity contribution in [1.82, 2.24) is 9.80 Å². The molecule has 6 heteroatoms. The lowest BCUT2D eigenvalue weighted by molar-refractivity contribution is -0.131. The van der Waals surface area contributed by atoms with Gasteiger partial charge < -0.3 is 14.9 Å². The summed E-state index contributed by atoms with van der Waals surface area (Å²) < 4.78 is 0. The molecule has 1 rings (SSSR count). The molecule has 0 saturated heterocycles. The van der Waals surface area contributed by atoms with Gasteiger partial charge in [-0.25, -0.2) is 4.79 Å². The molecule has 1 heterocycles. The minimum absolute atomic E-state index is 0.0127. The highest BCUT2D eigenvalue weighted by molar-refractivity contribution is 7.14. The van der Waals surface area contributed by atoms with E-state index >= 15 is 0 Å². The summed E-state index contributed by atoms with van der Waals surface area (Å²) >= 11 is 1.32. The normalized spacial score (nSPS) is 11.2. The van der Waals surface area contributed by atoms with Crippen LogP contribution in [-0.4, -0.2) is 60.5 Å². The Kier molecular flexibility index (Phi) is 7.11. The molecule has 21 heavy (non-hydrogen) atoms. The summed E-state index contributed by atoms with van der Waals surface area (Å²) in [6, 6.07) is 3.53. The second-order valence-corrected chi connectivity index (χ2v) is 6.08. The van der Waals surface area contributed by atoms with Gasteiger partial charge in [-0.2, -0.15) is 0 Å². The fourth-order valence-corrected chi connectivity index (χ4v) is 2.65. The van der Waals surface area contributed by atoms with Gasteiger partial charge in [-0.15, -0.1) is 11.3 Å². The smallest absolute Gasteiger partial charge is 0.328 e. The van der Waals surface area contributed by atoms with Gasteiger partial charge in [0.2, 0.25) is 0 Å². The second kappa shape index (κ2) is 8.59. The minimum Gasteiger partial charge on any atom is -0.478 e. The lowest BCUT2D eigenvalue weighted by Crippen LogP contribution is -2.36. The molecule has 0 fully saturated rings. The Bertz CT molecular complexity index is 509. The highest BCUT2D eigenvalue weighted by Gasteiger charge is 2.16. The summed E-state index contributed by atoms with van der Waals surface area (Å²) in [5.41, 5.74) is 0. The number of nitrogens with zero attached hydrogens (tertiary/aromatic N) is 2. The largest absolute Gasteiger partial charge is 0.478 e. The van der Waals surface area contributed by atoms with Crippen LogP contribution in [0.2, 0.25) is 0 Å². The Morgan fingerprint density at radius 2 is 1.95 bits per heavy atom. The van der Waals surface area contributed by atoms with Crippen LogP contribution in [0.3, 0.4) is 0 Å². The van der Waals surface area contributed by atoms with E-state index in [0.29, 0.717) is 11.4 Å². The number of likely N-dealkylation sites (N-methyl/N-ethyl adjacent to an activating group) is 1. The Labute approximate surface area is 129 Å². The number of carboxylic acid groups (broad SMARTS) is 1. The summed E-state index contributed by atoms with van der Waals surface area (Å²) in [6.45, 7) is 4.29. The van der Waals surface area contributed by atoms with Crippen molar-refractivity contribution >= 4 is 29.3 Å². The number of aliphatic carboxylic acids is 1. The zero-order valence-corrected chi connectivity index (χ0v) is 13.5. The number of carboxylic acids is 1. The molecule has 0 aromatic carbocycles. The number of hydrogen-bond acceptors (Lipinski definition) is 4. The van der Waals surface area contributed by atoms with Crippen molar-refractivity contribution in [2.45, 2.75) is 13.3 Å². The van der Waals surface area contributed by atoms with Gasteiger partial charge in [0.1, 0.15) is 0 Å². The predicted molar refractivity (Wildman–Crippen MR) is 85.7 cm³/mol. The van der Waals surface area contributed by atoms with Gasteiger partial charge in [-0.1, -0.05) is 6.92 Å². The predicted octanol–water partition coefficient (Wildman–Crippen LogP) is 2.26. The lowest BCUT2D eigenvalue weighted by atomic mass is 10.3. The molecule has 1 aromatic rings. The molecule has 5 nitrogen and oxygen atoms in total. The van der Waals surface area contributed by atoms with Crippen LogP contribution in [0.5, 0.6) is 0 Å². The summed E-state index contributed by atoms with van der Waals surface area (Å²) in [5, 5.41) is 8.61. The molecule has 0 aliphatic rings. The van der Waals surface area contributed by atoms with Crippen LogP contribution in [0.1, 0.15) is 27.9 Å². The van der Waals surface area contributed by atoms with E-state index in [4.69, 9.17) is 5.11 Å². The summed E-state index contributed by atoms with van der Waals surface area (Å²) in [7, 11) is 3.96.